The summed E-state index contributed by atoms with van der Waals surface area (Å²) < 4.78 is 30.1. The summed E-state index contributed by atoms with van der Waals surface area (Å²) >= 11 is 6.46. The minimum absolute atomic E-state index is 0.172. The first kappa shape index (κ1) is 28.2. The van der Waals surface area contributed by atoms with Crippen LogP contribution in [-0.4, -0.2) is 42.4 Å². The average molecular weight is 559 g/mol. The molecule has 0 aliphatic heterocycles. The normalized spacial score (nSPS) is 10.7. The van der Waals surface area contributed by atoms with E-state index in [9.17, 15) is 9.18 Å². The second kappa shape index (κ2) is 13.8. The van der Waals surface area contributed by atoms with Gasteiger partial charge in [-0.15, -0.1) is 0 Å². The van der Waals surface area contributed by atoms with Gasteiger partial charge in [-0.3, -0.25) is 4.79 Å². The van der Waals surface area contributed by atoms with E-state index in [1.807, 2.05) is 0 Å². The Balaban J connectivity index is 1.59. The third-order valence-electron chi connectivity index (χ3n) is 5.40. The number of aromatic nitrogens is 2. The van der Waals surface area contributed by atoms with Gasteiger partial charge >= 0.3 is 0 Å². The molecule has 0 aliphatic rings. The number of halogens is 2. The number of ether oxygens (including phenoxy) is 3. The molecule has 0 bridgehead atoms. The van der Waals surface area contributed by atoms with Crippen molar-refractivity contribution in [2.75, 3.05) is 25.6 Å². The summed E-state index contributed by atoms with van der Waals surface area (Å²) in [6.07, 6.45) is 3.73. The molecule has 1 N–H and O–H groups in total. The molecule has 1 aromatic heterocycles. The monoisotopic (exact) mass is 558 g/mol. The molecule has 0 saturated carbocycles. The maximum absolute atomic E-state index is 13.4. The Morgan fingerprint density at radius 3 is 2.77 bits per heavy atom. The van der Waals surface area contributed by atoms with Crippen molar-refractivity contribution < 1.29 is 23.4 Å². The standard InChI is InChI=1S/C30H24ClFN4O4/c1-3-29(37)33-11-5-7-21-15-24-26(17-28(21)39-13-12-38-2)34-19-35-30(24)36-23-9-10-27(25(31)16-23)40-18-20-6-4-8-22(32)14-20/h3-4,6,8-11,14-17,19H,1,12-13,18H2,2H3,(H,34,35,36). The average Bonchev–Trinajstić information content (AvgIpc) is 2.95. The lowest BCUT2D eigenvalue weighted by atomic mass is 10.1. The molecule has 40 heavy (non-hydrogen) atoms. The van der Waals surface area contributed by atoms with Crippen molar-refractivity contribution in [2.24, 2.45) is 4.99 Å². The Kier molecular flexibility index (Phi) is 9.77. The minimum Gasteiger partial charge on any atom is -0.490 e. The third-order valence-corrected chi connectivity index (χ3v) is 5.69. The van der Waals surface area contributed by atoms with E-state index in [-0.39, 0.29) is 12.4 Å². The number of rotatable bonds is 10. The number of aliphatic imine (C=N–C) groups is 1. The fourth-order valence-corrected chi connectivity index (χ4v) is 3.75. The second-order valence-corrected chi connectivity index (χ2v) is 8.59. The largest absolute Gasteiger partial charge is 0.490 e. The van der Waals surface area contributed by atoms with Gasteiger partial charge in [-0.25, -0.2) is 19.4 Å². The molecule has 1 amide bonds. The number of carbonyl (C=O) groups excluding carboxylic acids is 1. The van der Waals surface area contributed by atoms with Crippen molar-refractivity contribution in [3.05, 3.63) is 95.5 Å². The number of methoxy groups -OCH3 is 1. The molecule has 0 saturated heterocycles. The van der Waals surface area contributed by atoms with E-state index < -0.39 is 5.91 Å². The topological polar surface area (TPSA) is 94.9 Å². The maximum Gasteiger partial charge on any atom is 0.269 e. The predicted molar refractivity (Wildman–Crippen MR) is 153 cm³/mol. The quantitative estimate of drug-likeness (QED) is 0.112. The first-order valence-corrected chi connectivity index (χ1v) is 12.4. The summed E-state index contributed by atoms with van der Waals surface area (Å²) in [7, 11) is 1.58. The zero-order valence-electron chi connectivity index (χ0n) is 21.5. The van der Waals surface area contributed by atoms with Crippen LogP contribution in [0.15, 0.2) is 78.6 Å². The Labute approximate surface area is 235 Å². The highest BCUT2D eigenvalue weighted by atomic mass is 35.5. The number of hydrogen-bond donors (Lipinski definition) is 1. The van der Waals surface area contributed by atoms with Crippen molar-refractivity contribution in [1.29, 1.82) is 0 Å². The second-order valence-electron chi connectivity index (χ2n) is 8.19. The van der Waals surface area contributed by atoms with Crippen LogP contribution < -0.4 is 14.8 Å². The highest BCUT2D eigenvalue weighted by Gasteiger charge is 2.12. The third kappa shape index (κ3) is 7.63. The van der Waals surface area contributed by atoms with Crippen LogP contribution >= 0.6 is 11.6 Å². The van der Waals surface area contributed by atoms with E-state index >= 15 is 0 Å². The Hall–Kier alpha value is -4.78. The number of carbonyl (C=O) groups is 1. The summed E-state index contributed by atoms with van der Waals surface area (Å²) in [6.45, 7) is 4.24. The van der Waals surface area contributed by atoms with Gasteiger partial charge in [-0.2, -0.15) is 0 Å². The number of hydrogen-bond acceptors (Lipinski definition) is 7. The van der Waals surface area contributed by atoms with E-state index in [2.05, 4.69) is 38.7 Å². The summed E-state index contributed by atoms with van der Waals surface area (Å²) in [5.74, 6) is 6.33. The van der Waals surface area contributed by atoms with Crippen LogP contribution in [0.2, 0.25) is 5.02 Å². The SMILES string of the molecule is C=CC(=O)N=CC#Cc1cc2c(Nc3ccc(OCc4cccc(F)c4)c(Cl)c3)ncnc2cc1OCCOC. The lowest BCUT2D eigenvalue weighted by Crippen LogP contribution is -2.06. The van der Waals surface area contributed by atoms with Crippen LogP contribution in [0.4, 0.5) is 15.9 Å². The molecule has 1 heterocycles. The summed E-state index contributed by atoms with van der Waals surface area (Å²) in [5.41, 5.74) is 2.50. The van der Waals surface area contributed by atoms with Crippen LogP contribution in [0.3, 0.4) is 0 Å². The van der Waals surface area contributed by atoms with Crippen molar-refractivity contribution in [3.63, 3.8) is 0 Å². The number of nitrogens with one attached hydrogen (secondary N) is 1. The molecule has 0 unspecified atom stereocenters. The molecular formula is C30H24ClFN4O4. The highest BCUT2D eigenvalue weighted by Crippen LogP contribution is 2.33. The Morgan fingerprint density at radius 1 is 1.12 bits per heavy atom. The molecule has 3 aromatic carbocycles. The van der Waals surface area contributed by atoms with Gasteiger partial charge in [0.15, 0.2) is 0 Å². The van der Waals surface area contributed by atoms with Gasteiger partial charge in [0.25, 0.3) is 5.91 Å². The van der Waals surface area contributed by atoms with Crippen molar-refractivity contribution >= 4 is 46.1 Å². The van der Waals surface area contributed by atoms with E-state index in [1.165, 1.54) is 24.7 Å². The van der Waals surface area contributed by atoms with Crippen LogP contribution in [0, 0.1) is 17.7 Å². The highest BCUT2D eigenvalue weighted by molar-refractivity contribution is 6.32. The minimum atomic E-state index is -0.492. The Bertz CT molecular complexity index is 1630. The molecule has 202 valence electrons. The van der Waals surface area contributed by atoms with Gasteiger partial charge in [-0.1, -0.05) is 36.2 Å². The molecule has 4 rings (SSSR count). The Morgan fingerprint density at radius 2 is 2.00 bits per heavy atom. The predicted octanol–water partition coefficient (Wildman–Crippen LogP) is 5.91. The zero-order chi connectivity index (χ0) is 28.3. The van der Waals surface area contributed by atoms with E-state index in [0.29, 0.717) is 63.3 Å². The van der Waals surface area contributed by atoms with Crippen LogP contribution in [-0.2, 0) is 16.1 Å². The smallest absolute Gasteiger partial charge is 0.269 e. The van der Waals surface area contributed by atoms with Gasteiger partial charge in [0.2, 0.25) is 0 Å². The molecule has 0 radical (unpaired) electrons. The molecule has 0 atom stereocenters. The molecule has 0 fully saturated rings. The fraction of sp³-hybridized carbons (Fsp3) is 0.133. The molecule has 8 nitrogen and oxygen atoms in total. The number of nitrogens with zero attached hydrogens (tertiary/aromatic N) is 3. The van der Waals surface area contributed by atoms with Crippen molar-refractivity contribution in [1.82, 2.24) is 9.97 Å². The molecule has 4 aromatic rings. The maximum atomic E-state index is 13.4. The summed E-state index contributed by atoms with van der Waals surface area (Å²) in [4.78, 5) is 23.8. The molecule has 10 heteroatoms. The van der Waals surface area contributed by atoms with Crippen molar-refractivity contribution in [3.8, 4) is 23.3 Å². The van der Waals surface area contributed by atoms with E-state index in [0.717, 1.165) is 6.08 Å². The van der Waals surface area contributed by atoms with E-state index in [4.69, 9.17) is 25.8 Å². The molecule has 0 aliphatic carbocycles. The summed E-state index contributed by atoms with van der Waals surface area (Å²) in [6, 6.07) is 14.9. The van der Waals surface area contributed by atoms with Crippen LogP contribution in [0.1, 0.15) is 11.1 Å². The number of benzene rings is 3. The number of fused-ring (bicyclic) bond motifs is 1. The first-order valence-electron chi connectivity index (χ1n) is 12.0. The zero-order valence-corrected chi connectivity index (χ0v) is 22.2. The van der Waals surface area contributed by atoms with Crippen LogP contribution in [0.5, 0.6) is 11.5 Å². The lowest BCUT2D eigenvalue weighted by molar-refractivity contribution is -0.113. The lowest BCUT2D eigenvalue weighted by Gasteiger charge is -2.13. The van der Waals surface area contributed by atoms with Gasteiger partial charge in [0, 0.05) is 24.2 Å². The summed E-state index contributed by atoms with van der Waals surface area (Å²) in [5, 5.41) is 4.30. The number of anilines is 2. The van der Waals surface area contributed by atoms with Gasteiger partial charge in [0.1, 0.15) is 42.7 Å². The molecular weight excluding hydrogens is 535 g/mol. The number of amides is 1. The van der Waals surface area contributed by atoms with Gasteiger partial charge in [0.05, 0.1) is 28.9 Å². The fourth-order valence-electron chi connectivity index (χ4n) is 3.51. The van der Waals surface area contributed by atoms with Gasteiger partial charge in [-0.05, 0) is 54.0 Å². The van der Waals surface area contributed by atoms with Crippen molar-refractivity contribution in [2.45, 2.75) is 6.61 Å². The first-order chi connectivity index (χ1) is 19.5. The van der Waals surface area contributed by atoms with Gasteiger partial charge < -0.3 is 19.5 Å². The van der Waals surface area contributed by atoms with E-state index in [1.54, 1.807) is 49.6 Å². The molecule has 0 spiro atoms. The van der Waals surface area contributed by atoms with Crippen LogP contribution in [0.25, 0.3) is 10.9 Å².